The Kier molecular flexibility index (Phi) is 15.4. The largest absolute Gasteiger partial charge is 0.494 e. The molecule has 0 aliphatic rings. The maximum atomic E-state index is 13.3. The molecule has 0 unspecified atom stereocenters. The molecule has 14 nitrogen and oxygen atoms in total. The molecule has 1 aromatic heterocycles. The Bertz CT molecular complexity index is 1830. The number of benzene rings is 2. The molecule has 0 aliphatic carbocycles. The summed E-state index contributed by atoms with van der Waals surface area (Å²) in [6, 6.07) is 13.3. The summed E-state index contributed by atoms with van der Waals surface area (Å²) in [5, 5.41) is 0. The van der Waals surface area contributed by atoms with Crippen LogP contribution in [-0.2, 0) is 27.4 Å². The maximum absolute atomic E-state index is 13.3. The molecule has 0 bridgehead atoms. The van der Waals surface area contributed by atoms with Gasteiger partial charge in [0, 0.05) is 35.6 Å². The van der Waals surface area contributed by atoms with E-state index in [0.29, 0.717) is 86.0 Å². The van der Waals surface area contributed by atoms with Gasteiger partial charge in [0.2, 0.25) is 5.62 Å². The number of halogens is 3. The second-order valence-electron chi connectivity index (χ2n) is 14.8. The van der Waals surface area contributed by atoms with Crippen LogP contribution in [0.4, 0.5) is 22.8 Å². The van der Waals surface area contributed by atoms with Gasteiger partial charge in [-0.25, -0.2) is 9.59 Å². The summed E-state index contributed by atoms with van der Waals surface area (Å²) < 4.78 is 65.2. The van der Waals surface area contributed by atoms with E-state index in [9.17, 15) is 27.6 Å². The fourth-order valence-corrected chi connectivity index (χ4v) is 5.11. The number of ether oxygens (including phenoxy) is 4. The summed E-state index contributed by atoms with van der Waals surface area (Å²) in [6.07, 6.45) is -4.57. The molecule has 0 fully saturated rings. The fourth-order valence-electron chi connectivity index (χ4n) is 5.11. The third-order valence-corrected chi connectivity index (χ3v) is 7.86. The van der Waals surface area contributed by atoms with Gasteiger partial charge in [-0.15, -0.1) is 0 Å². The van der Waals surface area contributed by atoms with Crippen molar-refractivity contribution in [1.29, 1.82) is 0 Å². The van der Waals surface area contributed by atoms with Crippen molar-refractivity contribution < 1.29 is 46.5 Å². The van der Waals surface area contributed by atoms with Crippen molar-refractivity contribution in [3.63, 3.8) is 0 Å². The number of unbranched alkanes of at least 4 members (excludes halogenated alkanes) is 2. The molecule has 56 heavy (non-hydrogen) atoms. The molecule has 0 atom stereocenters. The van der Waals surface area contributed by atoms with E-state index in [2.05, 4.69) is 15.0 Å². The van der Waals surface area contributed by atoms with Crippen molar-refractivity contribution in [3.8, 4) is 11.5 Å². The Morgan fingerprint density at radius 2 is 0.982 bits per heavy atom. The van der Waals surface area contributed by atoms with Crippen LogP contribution in [0.2, 0.25) is 0 Å². The van der Waals surface area contributed by atoms with Gasteiger partial charge in [0.15, 0.2) is 0 Å². The Balaban J connectivity index is 1.58. The van der Waals surface area contributed by atoms with E-state index in [0.717, 1.165) is 0 Å². The topological polar surface area (TPSA) is 187 Å². The van der Waals surface area contributed by atoms with Crippen LogP contribution in [0.25, 0.3) is 0 Å². The third-order valence-electron chi connectivity index (χ3n) is 7.86. The van der Waals surface area contributed by atoms with Crippen molar-refractivity contribution >= 4 is 29.8 Å². The van der Waals surface area contributed by atoms with E-state index in [1.54, 1.807) is 113 Å². The van der Waals surface area contributed by atoms with Gasteiger partial charge in [-0.2, -0.15) is 28.1 Å². The lowest BCUT2D eigenvalue weighted by molar-refractivity contribution is -0.169. The van der Waals surface area contributed by atoms with Gasteiger partial charge in [0.25, 0.3) is 0 Å². The van der Waals surface area contributed by atoms with Gasteiger partial charge in [-0.3, -0.25) is 4.79 Å². The van der Waals surface area contributed by atoms with E-state index >= 15 is 0 Å². The highest BCUT2D eigenvalue weighted by atomic mass is 19.4. The van der Waals surface area contributed by atoms with Gasteiger partial charge in [-0.05, 0) is 130 Å². The monoisotopic (exact) mass is 787 g/mol. The van der Waals surface area contributed by atoms with Crippen LogP contribution in [0.15, 0.2) is 63.5 Å². The second kappa shape index (κ2) is 19.3. The van der Waals surface area contributed by atoms with Gasteiger partial charge in [0.05, 0.1) is 13.2 Å². The van der Waals surface area contributed by atoms with Gasteiger partial charge in [-0.1, -0.05) is 0 Å². The summed E-state index contributed by atoms with van der Waals surface area (Å²) in [5.41, 5.74) is 12.8. The number of aliphatic imine (C=N–C) groups is 2. The minimum Gasteiger partial charge on any atom is -0.494 e. The number of hydrogen-bond donors (Lipinski definition) is 2. The van der Waals surface area contributed by atoms with Crippen LogP contribution in [0.3, 0.4) is 0 Å². The number of amides is 3. The predicted octanol–water partition coefficient (Wildman–Crippen LogP) is 6.90. The lowest BCUT2D eigenvalue weighted by Crippen LogP contribution is -2.32. The standard InChI is InChI=1S/C39H52F3N7O7/c1-25-26(2)49(22-10-12-24-54-30-19-15-28(16-20-30)32(44)46-36(52)56-38(6,7)8)34(47-33(50)39(40,41)42)48(25)21-9-11-23-53-29-17-13-27(14-18-29)31(43)45-35(51)55-37(3,4)5/h13-20H,9-12,21-24H2,1-8H3,(H2,43,45,51)(H2,44,46,52). The number of carbonyl (C=O) groups is 3. The number of amidine groups is 2. The summed E-state index contributed by atoms with van der Waals surface area (Å²) in [7, 11) is 0. The number of nitrogens with two attached hydrogens (primary N) is 2. The number of rotatable bonds is 14. The number of carbonyl (C=O) groups excluding carboxylic acids is 3. The van der Waals surface area contributed by atoms with Crippen LogP contribution in [-0.4, -0.2) is 69.5 Å². The molecule has 306 valence electrons. The second-order valence-corrected chi connectivity index (χ2v) is 14.8. The predicted molar refractivity (Wildman–Crippen MR) is 205 cm³/mol. The average molecular weight is 788 g/mol. The first-order valence-electron chi connectivity index (χ1n) is 18.1. The maximum Gasteiger partial charge on any atom is 0.473 e. The lowest BCUT2D eigenvalue weighted by Gasteiger charge is -2.17. The van der Waals surface area contributed by atoms with E-state index in [-0.39, 0.29) is 17.3 Å². The Hall–Kier alpha value is -5.61. The molecule has 1 heterocycles. The van der Waals surface area contributed by atoms with Crippen LogP contribution < -0.4 is 26.6 Å². The first kappa shape index (κ1) is 44.8. The molecule has 2 aromatic carbocycles. The fraction of sp³-hybridized carbons (Fsp3) is 0.487. The SMILES string of the molecule is Cc1c(C)n(CCCCOc2ccc(/C(N)=N/C(=O)OC(C)(C)C)cc2)c(=NC(=O)C(F)(F)F)n1CCCCOc1ccc(/C(N)=N/C(=O)OC(C)(C)C)cc1. The van der Waals surface area contributed by atoms with Crippen molar-refractivity contribution in [2.24, 2.45) is 26.4 Å². The van der Waals surface area contributed by atoms with Crippen LogP contribution in [0.1, 0.15) is 89.7 Å². The van der Waals surface area contributed by atoms with Crippen molar-refractivity contribution in [2.75, 3.05) is 13.2 Å². The molecule has 17 heteroatoms. The van der Waals surface area contributed by atoms with Crippen LogP contribution in [0, 0.1) is 13.8 Å². The number of alkyl halides is 3. The highest BCUT2D eigenvalue weighted by Crippen LogP contribution is 2.18. The Morgan fingerprint density at radius 1 is 0.625 bits per heavy atom. The molecular formula is C39H52F3N7O7. The van der Waals surface area contributed by atoms with E-state index in [1.807, 2.05) is 0 Å². The highest BCUT2D eigenvalue weighted by Gasteiger charge is 2.39. The van der Waals surface area contributed by atoms with Crippen LogP contribution in [0.5, 0.6) is 11.5 Å². The molecule has 4 N–H and O–H groups in total. The minimum atomic E-state index is -5.12. The highest BCUT2D eigenvalue weighted by molar-refractivity contribution is 6.03. The number of aromatic nitrogens is 2. The average Bonchev–Trinajstić information content (AvgIpc) is 3.29. The number of nitrogens with zero attached hydrogens (tertiary/aromatic N) is 5. The third kappa shape index (κ3) is 14.6. The molecule has 3 aromatic rings. The molecular weight excluding hydrogens is 735 g/mol. The summed E-state index contributed by atoms with van der Waals surface area (Å²) >= 11 is 0. The zero-order valence-electron chi connectivity index (χ0n) is 33.2. The van der Waals surface area contributed by atoms with Crippen LogP contribution >= 0.6 is 0 Å². The molecule has 3 amide bonds. The van der Waals surface area contributed by atoms with E-state index in [1.165, 1.54) is 0 Å². The summed E-state index contributed by atoms with van der Waals surface area (Å²) in [6.45, 7) is 15.1. The lowest BCUT2D eigenvalue weighted by atomic mass is 10.2. The molecule has 0 saturated heterocycles. The van der Waals surface area contributed by atoms with Gasteiger partial charge < -0.3 is 39.5 Å². The van der Waals surface area contributed by atoms with Gasteiger partial charge in [0.1, 0.15) is 34.4 Å². The molecule has 3 rings (SSSR count). The smallest absolute Gasteiger partial charge is 0.473 e. The van der Waals surface area contributed by atoms with Crippen molar-refractivity contribution in [3.05, 3.63) is 76.7 Å². The number of hydrogen-bond acceptors (Lipinski definition) is 7. The summed E-state index contributed by atoms with van der Waals surface area (Å²) in [4.78, 5) is 47.0. The molecule has 0 spiro atoms. The van der Waals surface area contributed by atoms with Crippen molar-refractivity contribution in [2.45, 2.75) is 112 Å². The molecule has 0 saturated carbocycles. The zero-order chi connectivity index (χ0) is 41.8. The minimum absolute atomic E-state index is 0.00201. The quantitative estimate of drug-likeness (QED) is 0.0996. The van der Waals surface area contributed by atoms with Crippen molar-refractivity contribution in [1.82, 2.24) is 9.13 Å². The molecule has 0 radical (unpaired) electrons. The van der Waals surface area contributed by atoms with E-state index in [4.69, 9.17) is 30.4 Å². The Labute approximate surface area is 324 Å². The number of imidazole rings is 1. The van der Waals surface area contributed by atoms with Gasteiger partial charge >= 0.3 is 24.3 Å². The Morgan fingerprint density at radius 3 is 1.30 bits per heavy atom. The zero-order valence-corrected chi connectivity index (χ0v) is 33.2. The first-order chi connectivity index (χ1) is 26.0. The van der Waals surface area contributed by atoms with E-state index < -0.39 is 35.5 Å². The first-order valence-corrected chi connectivity index (χ1v) is 18.1. The molecule has 0 aliphatic heterocycles. The normalized spacial score (nSPS) is 12.6. The summed E-state index contributed by atoms with van der Waals surface area (Å²) in [5.74, 6) is -1.09.